The molecule has 2 saturated carbocycles. The van der Waals surface area contributed by atoms with Crippen molar-refractivity contribution < 1.29 is 14.7 Å². The van der Waals surface area contributed by atoms with Crippen LogP contribution >= 0.6 is 0 Å². The summed E-state index contributed by atoms with van der Waals surface area (Å²) in [5.74, 6) is 1.03. The first kappa shape index (κ1) is 20.7. The predicted molar refractivity (Wildman–Crippen MR) is 122 cm³/mol. The highest BCUT2D eigenvalue weighted by Gasteiger charge is 2.64. The van der Waals surface area contributed by atoms with Gasteiger partial charge < -0.3 is 10.4 Å². The highest BCUT2D eigenvalue weighted by atomic mass is 16.3. The third kappa shape index (κ3) is 2.91. The minimum atomic E-state index is -1.24. The number of aliphatic hydroxyl groups is 1. The molecule has 5 rings (SSSR count). The van der Waals surface area contributed by atoms with Crippen molar-refractivity contribution in [1.29, 1.82) is 0 Å². The van der Waals surface area contributed by atoms with Crippen LogP contribution in [0.15, 0.2) is 47.1 Å². The van der Waals surface area contributed by atoms with Crippen LogP contribution in [0.2, 0.25) is 0 Å². The Labute approximate surface area is 184 Å². The molecule has 0 radical (unpaired) electrons. The van der Waals surface area contributed by atoms with Crippen LogP contribution in [0, 0.1) is 17.3 Å². The molecule has 2 N–H and O–H groups in total. The number of hydrogen-bond acceptors (Lipinski definition) is 4. The van der Waals surface area contributed by atoms with Crippen LogP contribution in [0.1, 0.15) is 70.3 Å². The average Bonchev–Trinajstić information content (AvgIpc) is 3.04. The largest absolute Gasteiger partial charge is 0.388 e. The van der Waals surface area contributed by atoms with Gasteiger partial charge in [-0.05, 0) is 92.2 Å². The van der Waals surface area contributed by atoms with Gasteiger partial charge in [0.25, 0.3) is 0 Å². The number of rotatable bonds is 3. The van der Waals surface area contributed by atoms with Gasteiger partial charge in [-0.15, -0.1) is 0 Å². The molecule has 0 bridgehead atoms. The van der Waals surface area contributed by atoms with Crippen molar-refractivity contribution in [1.82, 2.24) is 0 Å². The number of anilines is 1. The van der Waals surface area contributed by atoms with Crippen molar-refractivity contribution in [2.45, 2.75) is 70.3 Å². The third-order valence-corrected chi connectivity index (χ3v) is 9.07. The van der Waals surface area contributed by atoms with Crippen LogP contribution in [0.25, 0.3) is 0 Å². The predicted octanol–water partition coefficient (Wildman–Crippen LogP) is 4.95. The third-order valence-electron chi connectivity index (χ3n) is 9.07. The van der Waals surface area contributed by atoms with E-state index in [0.29, 0.717) is 24.7 Å². The molecule has 4 heteroatoms. The maximum atomic E-state index is 12.7. The number of benzene rings is 1. The number of hydrogen-bond donors (Lipinski definition) is 2. The zero-order chi connectivity index (χ0) is 22.0. The lowest BCUT2D eigenvalue weighted by Gasteiger charge is -2.54. The monoisotopic (exact) mass is 419 g/mol. The number of allylic oxidation sites excluding steroid dienone is 4. The lowest BCUT2D eigenvalue weighted by atomic mass is 9.51. The second-order valence-electron chi connectivity index (χ2n) is 10.3. The fourth-order valence-corrected chi connectivity index (χ4v) is 7.42. The highest BCUT2D eigenvalue weighted by Crippen LogP contribution is 2.66. The van der Waals surface area contributed by atoms with Gasteiger partial charge in [0, 0.05) is 30.5 Å². The molecule has 4 aliphatic rings. The fraction of sp³-hybridized carbons (Fsp3) is 0.556. The van der Waals surface area contributed by atoms with Crippen LogP contribution in [0.5, 0.6) is 0 Å². The molecule has 0 amide bonds. The molecule has 0 aliphatic heterocycles. The molecule has 2 fully saturated rings. The average molecular weight is 420 g/mol. The number of carbonyl (C=O) groups excluding carboxylic acids is 2. The molecule has 1 unspecified atom stereocenters. The van der Waals surface area contributed by atoms with Gasteiger partial charge in [0.2, 0.25) is 0 Å². The molecule has 5 atom stereocenters. The zero-order valence-electron chi connectivity index (χ0n) is 18.8. The van der Waals surface area contributed by atoms with Gasteiger partial charge in [0.1, 0.15) is 5.60 Å². The molecular weight excluding hydrogens is 386 g/mol. The van der Waals surface area contributed by atoms with Crippen molar-refractivity contribution in [2.24, 2.45) is 17.3 Å². The Morgan fingerprint density at radius 1 is 1.13 bits per heavy atom. The minimum absolute atomic E-state index is 0.0856. The second kappa shape index (κ2) is 7.16. The first-order chi connectivity index (χ1) is 14.8. The Kier molecular flexibility index (Phi) is 4.78. The van der Waals surface area contributed by atoms with Crippen LogP contribution in [0.4, 0.5) is 5.69 Å². The second-order valence-corrected chi connectivity index (χ2v) is 10.3. The van der Waals surface area contributed by atoms with Crippen molar-refractivity contribution >= 4 is 17.3 Å². The van der Waals surface area contributed by atoms with Crippen LogP contribution in [-0.2, 0) is 9.59 Å². The van der Waals surface area contributed by atoms with E-state index >= 15 is 0 Å². The van der Waals surface area contributed by atoms with Crippen LogP contribution in [0.3, 0.4) is 0 Å². The van der Waals surface area contributed by atoms with E-state index in [2.05, 4.69) is 36.5 Å². The summed E-state index contributed by atoms with van der Waals surface area (Å²) in [6, 6.07) is 8.61. The molecule has 4 nitrogen and oxygen atoms in total. The van der Waals surface area contributed by atoms with Gasteiger partial charge in [0.05, 0.1) is 0 Å². The molecule has 0 aromatic heterocycles. The summed E-state index contributed by atoms with van der Waals surface area (Å²) in [6.07, 6.45) is 7.51. The van der Waals surface area contributed by atoms with E-state index in [1.54, 1.807) is 6.92 Å². The number of fused-ring (bicyclic) bond motifs is 4. The number of Topliss-reactive ketones (excluding diaryl/α,β-unsaturated/α-hetero) is 1. The Morgan fingerprint density at radius 3 is 2.55 bits per heavy atom. The molecule has 164 valence electrons. The number of ketones is 2. The summed E-state index contributed by atoms with van der Waals surface area (Å²) in [5.41, 5.74) is 4.80. The molecule has 0 heterocycles. The molecule has 1 aromatic carbocycles. The van der Waals surface area contributed by atoms with Gasteiger partial charge in [-0.2, -0.15) is 0 Å². The van der Waals surface area contributed by atoms with Gasteiger partial charge in [-0.3, -0.25) is 9.59 Å². The summed E-state index contributed by atoms with van der Waals surface area (Å²) >= 11 is 0. The summed E-state index contributed by atoms with van der Waals surface area (Å²) in [5, 5.41) is 14.8. The summed E-state index contributed by atoms with van der Waals surface area (Å²) in [4.78, 5) is 24.8. The van der Waals surface area contributed by atoms with E-state index in [0.717, 1.165) is 37.8 Å². The lowest BCUT2D eigenvalue weighted by Crippen LogP contribution is -2.55. The SMILES string of the molecule is CNc1ccc([C@H]2C[C@]3(C)[C@H](CCC3(O)C(C)=O)[C@@H]3CCC4=CC(=O)CCC4=C32)cc1. The molecular formula is C27H33NO3. The minimum Gasteiger partial charge on any atom is -0.388 e. The topological polar surface area (TPSA) is 66.4 Å². The summed E-state index contributed by atoms with van der Waals surface area (Å²) < 4.78 is 0. The molecule has 31 heavy (non-hydrogen) atoms. The van der Waals surface area contributed by atoms with Crippen LogP contribution < -0.4 is 5.32 Å². The molecule has 1 aromatic rings. The van der Waals surface area contributed by atoms with E-state index in [-0.39, 0.29) is 17.5 Å². The van der Waals surface area contributed by atoms with Gasteiger partial charge >= 0.3 is 0 Å². The van der Waals surface area contributed by atoms with E-state index in [9.17, 15) is 14.7 Å². The van der Waals surface area contributed by atoms with Crippen molar-refractivity contribution in [2.75, 3.05) is 12.4 Å². The summed E-state index contributed by atoms with van der Waals surface area (Å²) in [7, 11) is 1.92. The van der Waals surface area contributed by atoms with E-state index in [4.69, 9.17) is 0 Å². The van der Waals surface area contributed by atoms with E-state index in [1.807, 2.05) is 13.1 Å². The molecule has 0 saturated heterocycles. The maximum Gasteiger partial charge on any atom is 0.161 e. The van der Waals surface area contributed by atoms with E-state index < -0.39 is 11.0 Å². The van der Waals surface area contributed by atoms with Gasteiger partial charge in [-0.25, -0.2) is 0 Å². The first-order valence-electron chi connectivity index (χ1n) is 11.8. The zero-order valence-corrected chi connectivity index (χ0v) is 18.8. The standard InChI is InChI=1S/C27H33NO3/c1-16(29)27(31)13-12-24-22-10-6-18-14-20(30)9-11-21(18)25(22)23(15-26(24,27)2)17-4-7-19(28-3)8-5-17/h4-5,7-8,14,22-24,28,31H,6,9-13,15H2,1-3H3/t22-,23+,24+,26+,27?/m0/s1. The quantitative estimate of drug-likeness (QED) is 0.728. The molecule has 4 aliphatic carbocycles. The fourth-order valence-electron chi connectivity index (χ4n) is 7.42. The first-order valence-corrected chi connectivity index (χ1v) is 11.8. The van der Waals surface area contributed by atoms with Crippen molar-refractivity contribution in [3.05, 3.63) is 52.6 Å². The van der Waals surface area contributed by atoms with E-state index in [1.165, 1.54) is 22.3 Å². The highest BCUT2D eigenvalue weighted by molar-refractivity contribution is 5.93. The van der Waals surface area contributed by atoms with Crippen molar-refractivity contribution in [3.8, 4) is 0 Å². The summed E-state index contributed by atoms with van der Waals surface area (Å²) in [6.45, 7) is 3.73. The Bertz CT molecular complexity index is 1000. The lowest BCUT2D eigenvalue weighted by molar-refractivity contribution is -0.152. The smallest absolute Gasteiger partial charge is 0.161 e. The molecule has 0 spiro atoms. The maximum absolute atomic E-state index is 12.7. The number of nitrogens with one attached hydrogen (secondary N) is 1. The Morgan fingerprint density at radius 2 is 1.87 bits per heavy atom. The number of carbonyl (C=O) groups is 2. The Hall–Kier alpha value is -2.20. The van der Waals surface area contributed by atoms with Crippen LogP contribution in [-0.4, -0.2) is 29.3 Å². The van der Waals surface area contributed by atoms with Gasteiger partial charge in [0.15, 0.2) is 11.6 Å². The Balaban J connectivity index is 1.68. The van der Waals surface area contributed by atoms with Gasteiger partial charge in [-0.1, -0.05) is 24.6 Å². The normalized spacial score (nSPS) is 37.0. The van der Waals surface area contributed by atoms with Crippen molar-refractivity contribution in [3.63, 3.8) is 0 Å².